The molecular weight excluding hydrogens is 336 g/mol. The molecule has 2 aromatic rings. The van der Waals surface area contributed by atoms with Crippen LogP contribution in [0, 0.1) is 5.92 Å². The standard InChI is InChI=1S/C22H30N4O/c1-17(2)16-24-11-13-26-12-10-20(25-22(26)23)9-8-18-5-3-6-19(15-18)21-7-4-14-27-21/h3-7,10,12,14-15,17,22,24H,8-9,11,13,16,23H2,1-2H3. The molecule has 144 valence electrons. The Bertz CT molecular complexity index is 764. The topological polar surface area (TPSA) is 66.8 Å². The molecule has 1 unspecified atom stereocenters. The van der Waals surface area contributed by atoms with E-state index in [4.69, 9.17) is 10.2 Å². The second kappa shape index (κ2) is 9.53. The minimum absolute atomic E-state index is 0.291. The van der Waals surface area contributed by atoms with Crippen molar-refractivity contribution >= 4 is 5.71 Å². The molecule has 5 nitrogen and oxygen atoms in total. The Balaban J connectivity index is 1.49. The van der Waals surface area contributed by atoms with E-state index in [1.54, 1.807) is 6.26 Å². The summed E-state index contributed by atoms with van der Waals surface area (Å²) < 4.78 is 5.49. The van der Waals surface area contributed by atoms with Crippen molar-refractivity contribution in [2.45, 2.75) is 33.0 Å². The van der Waals surface area contributed by atoms with Crippen molar-refractivity contribution < 1.29 is 4.42 Å². The molecule has 27 heavy (non-hydrogen) atoms. The fourth-order valence-electron chi connectivity index (χ4n) is 3.11. The monoisotopic (exact) mass is 366 g/mol. The zero-order chi connectivity index (χ0) is 19.1. The zero-order valence-electron chi connectivity index (χ0n) is 16.3. The fraction of sp³-hybridized carbons (Fsp3) is 0.409. The van der Waals surface area contributed by atoms with Gasteiger partial charge in [0.2, 0.25) is 0 Å². The number of aliphatic imine (C=N–C) groups is 1. The number of furan rings is 1. The van der Waals surface area contributed by atoms with Crippen LogP contribution < -0.4 is 11.1 Å². The number of rotatable bonds is 9. The minimum Gasteiger partial charge on any atom is -0.464 e. The SMILES string of the molecule is CC(C)CNCCN1C=CC(CCc2cccc(-c3ccco3)c2)=NC1N. The van der Waals surface area contributed by atoms with Crippen LogP contribution >= 0.6 is 0 Å². The van der Waals surface area contributed by atoms with Gasteiger partial charge in [-0.2, -0.15) is 0 Å². The van der Waals surface area contributed by atoms with Crippen molar-refractivity contribution in [3.05, 3.63) is 60.5 Å². The highest BCUT2D eigenvalue weighted by Gasteiger charge is 2.14. The van der Waals surface area contributed by atoms with E-state index in [1.165, 1.54) is 5.56 Å². The number of aryl methyl sites for hydroxylation is 1. The molecule has 2 heterocycles. The van der Waals surface area contributed by atoms with Gasteiger partial charge in [-0.05, 0) is 55.1 Å². The molecular formula is C22H30N4O. The highest BCUT2D eigenvalue weighted by Crippen LogP contribution is 2.21. The first-order valence-electron chi connectivity index (χ1n) is 9.71. The van der Waals surface area contributed by atoms with Crippen molar-refractivity contribution in [3.63, 3.8) is 0 Å². The van der Waals surface area contributed by atoms with Crippen LogP contribution in [0.25, 0.3) is 11.3 Å². The van der Waals surface area contributed by atoms with Crippen molar-refractivity contribution in [2.75, 3.05) is 19.6 Å². The van der Waals surface area contributed by atoms with Crippen LogP contribution in [-0.4, -0.2) is 36.5 Å². The number of hydrogen-bond acceptors (Lipinski definition) is 5. The summed E-state index contributed by atoms with van der Waals surface area (Å²) in [4.78, 5) is 6.73. The maximum absolute atomic E-state index is 6.22. The molecule has 0 saturated carbocycles. The zero-order valence-corrected chi connectivity index (χ0v) is 16.3. The van der Waals surface area contributed by atoms with Gasteiger partial charge in [-0.3, -0.25) is 10.7 Å². The molecule has 1 aromatic heterocycles. The molecule has 3 rings (SSSR count). The summed E-state index contributed by atoms with van der Waals surface area (Å²) in [5, 5.41) is 3.44. The Kier molecular flexibility index (Phi) is 6.85. The molecule has 1 atom stereocenters. The molecule has 0 aliphatic carbocycles. The molecule has 5 heteroatoms. The quantitative estimate of drug-likeness (QED) is 0.665. The Morgan fingerprint density at radius 1 is 1.22 bits per heavy atom. The third-order valence-electron chi connectivity index (χ3n) is 4.60. The van der Waals surface area contributed by atoms with Gasteiger partial charge in [-0.15, -0.1) is 0 Å². The average Bonchev–Trinajstić information content (AvgIpc) is 3.20. The highest BCUT2D eigenvalue weighted by molar-refractivity contribution is 5.95. The lowest BCUT2D eigenvalue weighted by Gasteiger charge is -2.28. The third-order valence-corrected chi connectivity index (χ3v) is 4.60. The Morgan fingerprint density at radius 2 is 2.11 bits per heavy atom. The molecule has 0 bridgehead atoms. The number of nitrogens with zero attached hydrogens (tertiary/aromatic N) is 2. The van der Waals surface area contributed by atoms with Crippen molar-refractivity contribution in [2.24, 2.45) is 16.6 Å². The summed E-state index contributed by atoms with van der Waals surface area (Å²) >= 11 is 0. The smallest absolute Gasteiger partial charge is 0.173 e. The van der Waals surface area contributed by atoms with Gasteiger partial charge in [0.1, 0.15) is 5.76 Å². The lowest BCUT2D eigenvalue weighted by molar-refractivity contribution is 0.283. The van der Waals surface area contributed by atoms with Gasteiger partial charge in [0.25, 0.3) is 0 Å². The largest absolute Gasteiger partial charge is 0.464 e. The first-order chi connectivity index (χ1) is 13.1. The minimum atomic E-state index is -0.291. The summed E-state index contributed by atoms with van der Waals surface area (Å²) in [5.74, 6) is 1.56. The molecule has 1 aliphatic heterocycles. The maximum Gasteiger partial charge on any atom is 0.173 e. The van der Waals surface area contributed by atoms with Crippen LogP contribution in [0.15, 0.2) is 64.3 Å². The summed E-state index contributed by atoms with van der Waals surface area (Å²) in [6.07, 6.45) is 7.38. The van der Waals surface area contributed by atoms with Gasteiger partial charge in [-0.1, -0.05) is 32.0 Å². The molecule has 3 N–H and O–H groups in total. The Morgan fingerprint density at radius 3 is 2.85 bits per heavy atom. The number of nitrogens with two attached hydrogens (primary N) is 1. The number of allylic oxidation sites excluding steroid dienone is 1. The van der Waals surface area contributed by atoms with Crippen LogP contribution in [0.2, 0.25) is 0 Å². The highest BCUT2D eigenvalue weighted by atomic mass is 16.3. The fourth-order valence-corrected chi connectivity index (χ4v) is 3.11. The second-order valence-electron chi connectivity index (χ2n) is 7.36. The normalized spacial score (nSPS) is 16.8. The summed E-state index contributed by atoms with van der Waals surface area (Å²) in [5.41, 5.74) is 9.65. The van der Waals surface area contributed by atoms with Crippen LogP contribution in [0.5, 0.6) is 0 Å². The van der Waals surface area contributed by atoms with Gasteiger partial charge in [0.05, 0.1) is 6.26 Å². The van der Waals surface area contributed by atoms with Crippen LogP contribution in [0.4, 0.5) is 0 Å². The lowest BCUT2D eigenvalue weighted by atomic mass is 10.0. The Hall–Kier alpha value is -2.37. The van der Waals surface area contributed by atoms with Gasteiger partial charge in [-0.25, -0.2) is 0 Å². The van der Waals surface area contributed by atoms with E-state index >= 15 is 0 Å². The maximum atomic E-state index is 6.22. The second-order valence-corrected chi connectivity index (χ2v) is 7.36. The summed E-state index contributed by atoms with van der Waals surface area (Å²) in [6.45, 7) is 7.23. The summed E-state index contributed by atoms with van der Waals surface area (Å²) in [6, 6.07) is 12.4. The van der Waals surface area contributed by atoms with E-state index in [1.807, 2.05) is 12.1 Å². The predicted molar refractivity (Wildman–Crippen MR) is 111 cm³/mol. The number of benzene rings is 1. The first kappa shape index (κ1) is 19.4. The Labute approximate surface area is 162 Å². The molecule has 0 saturated heterocycles. The third kappa shape index (κ3) is 5.81. The molecule has 0 amide bonds. The number of nitrogens with one attached hydrogen (secondary N) is 1. The van der Waals surface area contributed by atoms with Crippen LogP contribution in [0.3, 0.4) is 0 Å². The van der Waals surface area contributed by atoms with E-state index < -0.39 is 0 Å². The van der Waals surface area contributed by atoms with Crippen molar-refractivity contribution in [3.8, 4) is 11.3 Å². The molecule has 0 spiro atoms. The van der Waals surface area contributed by atoms with E-state index in [-0.39, 0.29) is 6.29 Å². The van der Waals surface area contributed by atoms with Gasteiger partial charge in [0, 0.05) is 30.6 Å². The van der Waals surface area contributed by atoms with Gasteiger partial charge >= 0.3 is 0 Å². The predicted octanol–water partition coefficient (Wildman–Crippen LogP) is 3.64. The summed E-state index contributed by atoms with van der Waals surface area (Å²) in [7, 11) is 0. The van der Waals surface area contributed by atoms with Crippen LogP contribution in [-0.2, 0) is 6.42 Å². The van der Waals surface area contributed by atoms with E-state index in [2.05, 4.69) is 65.6 Å². The van der Waals surface area contributed by atoms with Gasteiger partial charge < -0.3 is 14.6 Å². The molecule has 0 radical (unpaired) electrons. The first-order valence-corrected chi connectivity index (χ1v) is 9.71. The van der Waals surface area contributed by atoms with Crippen molar-refractivity contribution in [1.82, 2.24) is 10.2 Å². The van der Waals surface area contributed by atoms with Gasteiger partial charge in [0.15, 0.2) is 6.29 Å². The molecule has 0 fully saturated rings. The van der Waals surface area contributed by atoms with E-state index in [0.29, 0.717) is 5.92 Å². The molecule has 1 aromatic carbocycles. The van der Waals surface area contributed by atoms with Crippen LogP contribution in [0.1, 0.15) is 25.8 Å². The molecule has 1 aliphatic rings. The number of hydrogen-bond donors (Lipinski definition) is 2. The van der Waals surface area contributed by atoms with Crippen molar-refractivity contribution in [1.29, 1.82) is 0 Å². The lowest BCUT2D eigenvalue weighted by Crippen LogP contribution is -2.43. The average molecular weight is 367 g/mol. The van der Waals surface area contributed by atoms with E-state index in [9.17, 15) is 0 Å². The van der Waals surface area contributed by atoms with E-state index in [0.717, 1.165) is 49.5 Å².